The second kappa shape index (κ2) is 10.2. The van der Waals surface area contributed by atoms with Crippen molar-refractivity contribution in [2.75, 3.05) is 0 Å². The molecule has 2 atom stereocenters. The highest BCUT2D eigenvalue weighted by molar-refractivity contribution is 5.34. The smallest absolute Gasteiger partial charge is 0.194 e. The first kappa shape index (κ1) is 20.2. The molecule has 0 radical (unpaired) electrons. The van der Waals surface area contributed by atoms with E-state index in [1.807, 2.05) is 48.5 Å². The van der Waals surface area contributed by atoms with Crippen molar-refractivity contribution in [1.82, 2.24) is 0 Å². The molecule has 5 heteroatoms. The van der Waals surface area contributed by atoms with Crippen LogP contribution in [0.2, 0.25) is 0 Å². The topological polar surface area (TPSA) is 79.2 Å². The Kier molecular flexibility index (Phi) is 7.91. The first-order valence-corrected chi connectivity index (χ1v) is 8.99. The fourth-order valence-electron chi connectivity index (χ4n) is 2.81. The van der Waals surface area contributed by atoms with Gasteiger partial charge < -0.3 is 24.8 Å². The molecule has 0 aromatic heterocycles. The largest absolute Gasteiger partial charge is 0.465 e. The average molecular weight is 360 g/mol. The van der Waals surface area contributed by atoms with Crippen molar-refractivity contribution in [2.24, 2.45) is 0 Å². The summed E-state index contributed by atoms with van der Waals surface area (Å²) in [4.78, 5) is 0. The first-order chi connectivity index (χ1) is 12.5. The third-order valence-electron chi connectivity index (χ3n) is 4.03. The zero-order valence-electron chi connectivity index (χ0n) is 15.3. The number of hydrogen-bond donors (Lipinski definition) is 3. The Labute approximate surface area is 154 Å². The summed E-state index contributed by atoms with van der Waals surface area (Å²) in [6.45, 7) is 3.14. The summed E-state index contributed by atoms with van der Waals surface area (Å²) in [5.74, 6) is 1.29. The van der Waals surface area contributed by atoms with Gasteiger partial charge in [0.2, 0.25) is 0 Å². The van der Waals surface area contributed by atoms with Crippen molar-refractivity contribution >= 4 is 0 Å². The molecule has 5 nitrogen and oxygen atoms in total. The number of aliphatic hydroxyl groups excluding tert-OH is 3. The number of rotatable bonds is 10. The molecule has 0 fully saturated rings. The average Bonchev–Trinajstić information content (AvgIpc) is 2.59. The van der Waals surface area contributed by atoms with E-state index in [1.165, 1.54) is 0 Å². The molecule has 0 saturated heterocycles. The number of ether oxygens (including phenoxy) is 2. The van der Waals surface area contributed by atoms with Crippen LogP contribution in [0.3, 0.4) is 0 Å². The predicted octanol–water partition coefficient (Wildman–Crippen LogP) is 3.05. The molecule has 0 aliphatic carbocycles. The summed E-state index contributed by atoms with van der Waals surface area (Å²) in [7, 11) is 0. The van der Waals surface area contributed by atoms with Gasteiger partial charge in [0.05, 0.1) is 6.10 Å². The summed E-state index contributed by atoms with van der Waals surface area (Å²) in [6.07, 6.45) is 0.317. The van der Waals surface area contributed by atoms with Crippen LogP contribution < -0.4 is 9.47 Å². The minimum atomic E-state index is -0.869. The highest BCUT2D eigenvalue weighted by Gasteiger charge is 2.12. The van der Waals surface area contributed by atoms with E-state index in [4.69, 9.17) is 9.47 Å². The van der Waals surface area contributed by atoms with Gasteiger partial charge in [-0.3, -0.25) is 0 Å². The van der Waals surface area contributed by atoms with Gasteiger partial charge in [0.1, 0.15) is 11.5 Å². The zero-order chi connectivity index (χ0) is 18.9. The van der Waals surface area contributed by atoms with Crippen LogP contribution in [0.25, 0.3) is 0 Å². The van der Waals surface area contributed by atoms with Gasteiger partial charge in [0, 0.05) is 0 Å². The van der Waals surface area contributed by atoms with Crippen LogP contribution in [-0.2, 0) is 12.8 Å². The molecule has 0 amide bonds. The SMILES string of the molecule is CC(O)Oc1ccccc1CCC(O)CCc1ccccc1OC(C)O. The lowest BCUT2D eigenvalue weighted by Crippen LogP contribution is -2.14. The van der Waals surface area contributed by atoms with Crippen LogP contribution >= 0.6 is 0 Å². The Morgan fingerprint density at radius 2 is 1.08 bits per heavy atom. The molecule has 2 rings (SSSR count). The van der Waals surface area contributed by atoms with Gasteiger partial charge in [-0.05, 0) is 62.8 Å². The van der Waals surface area contributed by atoms with E-state index < -0.39 is 18.7 Å². The maximum atomic E-state index is 10.3. The molecule has 3 N–H and O–H groups in total. The molecule has 26 heavy (non-hydrogen) atoms. The van der Waals surface area contributed by atoms with Crippen LogP contribution in [0.15, 0.2) is 48.5 Å². The molecule has 142 valence electrons. The van der Waals surface area contributed by atoms with E-state index >= 15 is 0 Å². The van der Waals surface area contributed by atoms with Crippen LogP contribution in [0.4, 0.5) is 0 Å². The van der Waals surface area contributed by atoms with Gasteiger partial charge in [-0.1, -0.05) is 36.4 Å². The molecule has 0 bridgehead atoms. The minimum absolute atomic E-state index is 0.464. The molecule has 0 heterocycles. The Morgan fingerprint density at radius 3 is 1.46 bits per heavy atom. The molecule has 2 aromatic carbocycles. The Bertz CT molecular complexity index is 611. The minimum Gasteiger partial charge on any atom is -0.465 e. The van der Waals surface area contributed by atoms with Crippen molar-refractivity contribution in [3.63, 3.8) is 0 Å². The first-order valence-electron chi connectivity index (χ1n) is 8.99. The summed E-state index contributed by atoms with van der Waals surface area (Å²) in [5.41, 5.74) is 1.93. The van der Waals surface area contributed by atoms with E-state index in [0.29, 0.717) is 37.2 Å². The van der Waals surface area contributed by atoms with Crippen LogP contribution in [0, 0.1) is 0 Å². The number of para-hydroxylation sites is 2. The fraction of sp³-hybridized carbons (Fsp3) is 0.429. The lowest BCUT2D eigenvalue weighted by atomic mass is 10.0. The summed E-state index contributed by atoms with van der Waals surface area (Å²) in [6, 6.07) is 15.1. The van der Waals surface area contributed by atoms with Gasteiger partial charge in [-0.15, -0.1) is 0 Å². The van der Waals surface area contributed by atoms with Gasteiger partial charge in [-0.25, -0.2) is 0 Å². The zero-order valence-corrected chi connectivity index (χ0v) is 15.3. The molecular formula is C21H28O5. The van der Waals surface area contributed by atoms with E-state index in [9.17, 15) is 15.3 Å². The second-order valence-electron chi connectivity index (χ2n) is 6.38. The highest BCUT2D eigenvalue weighted by atomic mass is 16.6. The Hall–Kier alpha value is -2.08. The molecule has 2 unspecified atom stereocenters. The second-order valence-corrected chi connectivity index (χ2v) is 6.38. The third-order valence-corrected chi connectivity index (χ3v) is 4.03. The van der Waals surface area contributed by atoms with E-state index in [0.717, 1.165) is 11.1 Å². The van der Waals surface area contributed by atoms with Gasteiger partial charge in [0.25, 0.3) is 0 Å². The molecular weight excluding hydrogens is 332 g/mol. The van der Waals surface area contributed by atoms with Crippen molar-refractivity contribution in [2.45, 2.75) is 58.2 Å². The van der Waals surface area contributed by atoms with Crippen LogP contribution in [0.1, 0.15) is 37.8 Å². The third kappa shape index (κ3) is 6.67. The van der Waals surface area contributed by atoms with Crippen LogP contribution in [0.5, 0.6) is 11.5 Å². The fourth-order valence-corrected chi connectivity index (χ4v) is 2.81. The molecule has 0 saturated carbocycles. The maximum absolute atomic E-state index is 10.3. The summed E-state index contributed by atoms with van der Waals surface area (Å²) < 4.78 is 10.8. The maximum Gasteiger partial charge on any atom is 0.194 e. The summed E-state index contributed by atoms with van der Waals surface area (Å²) in [5, 5.41) is 29.1. The number of hydrogen-bond acceptors (Lipinski definition) is 5. The van der Waals surface area contributed by atoms with Crippen molar-refractivity contribution in [1.29, 1.82) is 0 Å². The molecule has 0 aliphatic heterocycles. The van der Waals surface area contributed by atoms with Crippen LogP contribution in [-0.4, -0.2) is 34.0 Å². The number of aryl methyl sites for hydroxylation is 2. The number of aliphatic hydroxyl groups is 3. The van der Waals surface area contributed by atoms with E-state index in [1.54, 1.807) is 13.8 Å². The van der Waals surface area contributed by atoms with E-state index in [-0.39, 0.29) is 0 Å². The van der Waals surface area contributed by atoms with E-state index in [2.05, 4.69) is 0 Å². The Morgan fingerprint density at radius 1 is 0.692 bits per heavy atom. The lowest BCUT2D eigenvalue weighted by molar-refractivity contribution is -0.00153. The number of benzene rings is 2. The van der Waals surface area contributed by atoms with Gasteiger partial charge in [-0.2, -0.15) is 0 Å². The lowest BCUT2D eigenvalue weighted by Gasteiger charge is -2.16. The standard InChI is InChI=1S/C21H28O5/c1-15(22)25-20-9-5-3-7-17(20)11-13-19(24)14-12-18-8-4-6-10-21(18)26-16(2)23/h3-10,15-16,19,22-24H,11-14H2,1-2H3. The van der Waals surface area contributed by atoms with Crippen molar-refractivity contribution < 1.29 is 24.8 Å². The monoisotopic (exact) mass is 360 g/mol. The highest BCUT2D eigenvalue weighted by Crippen LogP contribution is 2.24. The predicted molar refractivity (Wildman–Crippen MR) is 100 cm³/mol. The van der Waals surface area contributed by atoms with Crippen molar-refractivity contribution in [3.05, 3.63) is 59.7 Å². The quantitative estimate of drug-likeness (QED) is 0.568. The van der Waals surface area contributed by atoms with Gasteiger partial charge >= 0.3 is 0 Å². The molecule has 0 spiro atoms. The van der Waals surface area contributed by atoms with Crippen molar-refractivity contribution in [3.8, 4) is 11.5 Å². The summed E-state index contributed by atoms with van der Waals surface area (Å²) >= 11 is 0. The molecule has 2 aromatic rings. The molecule has 0 aliphatic rings. The Balaban J connectivity index is 1.88. The normalized spacial score (nSPS) is 14.5. The van der Waals surface area contributed by atoms with Gasteiger partial charge in [0.15, 0.2) is 12.6 Å².